The van der Waals surface area contributed by atoms with Gasteiger partial charge in [-0.2, -0.15) is 5.10 Å². The fraction of sp³-hybridized carbons (Fsp3) is 0.750. The number of hydrogen-bond donors (Lipinski definition) is 2. The molecule has 0 spiro atoms. The molecule has 0 fully saturated rings. The monoisotopic (exact) mass is 207 g/mol. The summed E-state index contributed by atoms with van der Waals surface area (Å²) in [5, 5.41) is 7.28. The van der Waals surface area contributed by atoms with Crippen LogP contribution in [0.25, 0.3) is 0 Å². The summed E-state index contributed by atoms with van der Waals surface area (Å²) < 4.78 is 0. The number of H-pyrrole nitrogens is 1. The van der Waals surface area contributed by atoms with Crippen LogP contribution in [0.3, 0.4) is 0 Å². The molecule has 0 saturated heterocycles. The minimum Gasteiger partial charge on any atom is -0.327 e. The largest absolute Gasteiger partial charge is 0.327 e. The van der Waals surface area contributed by atoms with Gasteiger partial charge in [-0.1, -0.05) is 27.7 Å². The normalized spacial score (nSPS) is 30.6. The third-order valence-corrected chi connectivity index (χ3v) is 4.14. The van der Waals surface area contributed by atoms with Crippen LogP contribution in [0.1, 0.15) is 45.4 Å². The smallest absolute Gasteiger partial charge is 0.0676 e. The lowest BCUT2D eigenvalue weighted by Crippen LogP contribution is -2.51. The van der Waals surface area contributed by atoms with Crippen LogP contribution in [0, 0.1) is 5.41 Å². The molecule has 0 saturated carbocycles. The van der Waals surface area contributed by atoms with E-state index in [1.807, 2.05) is 6.20 Å². The molecule has 2 atom stereocenters. The van der Waals surface area contributed by atoms with Crippen molar-refractivity contribution in [2.75, 3.05) is 0 Å². The number of aromatic amines is 1. The van der Waals surface area contributed by atoms with Gasteiger partial charge >= 0.3 is 0 Å². The van der Waals surface area contributed by atoms with E-state index in [-0.39, 0.29) is 16.9 Å². The van der Waals surface area contributed by atoms with Gasteiger partial charge in [-0.05, 0) is 11.8 Å². The second kappa shape index (κ2) is 3.08. The number of aromatic nitrogens is 2. The molecule has 3 nitrogen and oxygen atoms in total. The van der Waals surface area contributed by atoms with Crippen LogP contribution in [0.2, 0.25) is 0 Å². The summed E-state index contributed by atoms with van der Waals surface area (Å²) in [4.78, 5) is 0. The third-order valence-electron chi connectivity index (χ3n) is 4.14. The summed E-state index contributed by atoms with van der Waals surface area (Å²) in [5.74, 6) is 0. The van der Waals surface area contributed by atoms with Crippen molar-refractivity contribution in [3.8, 4) is 0 Å². The molecule has 2 unspecified atom stereocenters. The fourth-order valence-electron chi connectivity index (χ4n) is 3.39. The summed E-state index contributed by atoms with van der Waals surface area (Å²) >= 11 is 0. The van der Waals surface area contributed by atoms with Gasteiger partial charge in [0.15, 0.2) is 0 Å². The molecule has 3 heteroatoms. The molecule has 0 radical (unpaired) electrons. The van der Waals surface area contributed by atoms with Crippen LogP contribution in [0.4, 0.5) is 0 Å². The maximum atomic E-state index is 6.35. The molecule has 0 aromatic carbocycles. The van der Waals surface area contributed by atoms with Gasteiger partial charge in [-0.25, -0.2) is 0 Å². The Morgan fingerprint density at radius 1 is 1.60 bits per heavy atom. The molecule has 1 aliphatic rings. The first-order valence-corrected chi connectivity index (χ1v) is 5.72. The molecular weight excluding hydrogens is 186 g/mol. The highest BCUT2D eigenvalue weighted by Crippen LogP contribution is 2.51. The van der Waals surface area contributed by atoms with Crippen molar-refractivity contribution < 1.29 is 0 Å². The summed E-state index contributed by atoms with van der Waals surface area (Å²) in [6, 6.07) is 0.203. The van der Waals surface area contributed by atoms with E-state index in [9.17, 15) is 0 Å². The zero-order valence-corrected chi connectivity index (χ0v) is 10.1. The van der Waals surface area contributed by atoms with E-state index in [1.165, 1.54) is 11.3 Å². The topological polar surface area (TPSA) is 54.7 Å². The lowest BCUT2D eigenvalue weighted by molar-refractivity contribution is 0.151. The van der Waals surface area contributed by atoms with Crippen LogP contribution in [-0.4, -0.2) is 16.2 Å². The molecule has 1 aliphatic carbocycles. The number of nitrogens with two attached hydrogens (primary N) is 1. The van der Waals surface area contributed by atoms with E-state index in [1.54, 1.807) is 0 Å². The van der Waals surface area contributed by atoms with Gasteiger partial charge in [-0.3, -0.25) is 5.10 Å². The summed E-state index contributed by atoms with van der Waals surface area (Å²) in [6.07, 6.45) is 4.02. The Hall–Kier alpha value is -0.830. The highest BCUT2D eigenvalue weighted by Gasteiger charge is 2.52. The van der Waals surface area contributed by atoms with E-state index in [0.717, 1.165) is 12.8 Å². The summed E-state index contributed by atoms with van der Waals surface area (Å²) in [6.45, 7) is 9.06. The molecule has 84 valence electrons. The summed E-state index contributed by atoms with van der Waals surface area (Å²) in [5.41, 5.74) is 9.11. The van der Waals surface area contributed by atoms with Crippen LogP contribution >= 0.6 is 0 Å². The average Bonchev–Trinajstić information content (AvgIpc) is 2.60. The Morgan fingerprint density at radius 3 is 2.80 bits per heavy atom. The van der Waals surface area contributed by atoms with Crippen molar-refractivity contribution in [1.29, 1.82) is 0 Å². The van der Waals surface area contributed by atoms with Crippen LogP contribution in [0.5, 0.6) is 0 Å². The first-order valence-electron chi connectivity index (χ1n) is 5.72. The van der Waals surface area contributed by atoms with E-state index in [2.05, 4.69) is 37.9 Å². The third kappa shape index (κ3) is 1.19. The molecule has 0 amide bonds. The molecule has 3 N–H and O–H groups in total. The molecule has 1 aromatic rings. The van der Waals surface area contributed by atoms with Crippen molar-refractivity contribution in [2.24, 2.45) is 11.1 Å². The number of hydrogen-bond acceptors (Lipinski definition) is 2. The van der Waals surface area contributed by atoms with Gasteiger partial charge in [-0.15, -0.1) is 0 Å². The van der Waals surface area contributed by atoms with Gasteiger partial charge in [0.2, 0.25) is 0 Å². The lowest BCUT2D eigenvalue weighted by atomic mass is 9.60. The molecule has 0 aliphatic heterocycles. The first kappa shape index (κ1) is 10.7. The van der Waals surface area contributed by atoms with Crippen LogP contribution < -0.4 is 5.73 Å². The molecular formula is C12H21N3. The second-order valence-corrected chi connectivity index (χ2v) is 5.63. The number of fused-ring (bicyclic) bond motifs is 1. The van der Waals surface area contributed by atoms with Gasteiger partial charge in [0.25, 0.3) is 0 Å². The maximum Gasteiger partial charge on any atom is 0.0676 e. The highest BCUT2D eigenvalue weighted by molar-refractivity contribution is 5.39. The van der Waals surface area contributed by atoms with Crippen molar-refractivity contribution in [3.63, 3.8) is 0 Å². The predicted molar refractivity (Wildman–Crippen MR) is 61.7 cm³/mol. The second-order valence-electron chi connectivity index (χ2n) is 5.63. The van der Waals surface area contributed by atoms with Crippen molar-refractivity contribution in [1.82, 2.24) is 10.2 Å². The Bertz CT molecular complexity index is 361. The quantitative estimate of drug-likeness (QED) is 0.740. The first-order chi connectivity index (χ1) is 6.93. The van der Waals surface area contributed by atoms with Gasteiger partial charge in [0.05, 0.1) is 5.69 Å². The average molecular weight is 207 g/mol. The lowest BCUT2D eigenvalue weighted by Gasteiger charge is -2.45. The highest BCUT2D eigenvalue weighted by atomic mass is 15.1. The molecule has 2 rings (SSSR count). The van der Waals surface area contributed by atoms with Gasteiger partial charge in [0, 0.05) is 29.6 Å². The Balaban J connectivity index is 2.59. The number of rotatable bonds is 1. The van der Waals surface area contributed by atoms with E-state index in [4.69, 9.17) is 5.73 Å². The molecule has 1 aromatic heterocycles. The maximum absolute atomic E-state index is 6.35. The molecule has 1 heterocycles. The van der Waals surface area contributed by atoms with E-state index < -0.39 is 0 Å². The molecule has 0 bridgehead atoms. The van der Waals surface area contributed by atoms with Crippen LogP contribution in [0.15, 0.2) is 6.20 Å². The van der Waals surface area contributed by atoms with Crippen LogP contribution in [-0.2, 0) is 11.8 Å². The van der Waals surface area contributed by atoms with E-state index in [0.29, 0.717) is 0 Å². The Labute approximate surface area is 91.4 Å². The van der Waals surface area contributed by atoms with E-state index >= 15 is 0 Å². The van der Waals surface area contributed by atoms with Gasteiger partial charge in [0.1, 0.15) is 0 Å². The van der Waals surface area contributed by atoms with Crippen molar-refractivity contribution in [2.45, 2.75) is 52.0 Å². The number of nitrogens with one attached hydrogen (secondary N) is 1. The Kier molecular flexibility index (Phi) is 2.19. The summed E-state index contributed by atoms with van der Waals surface area (Å²) in [7, 11) is 0. The zero-order chi connectivity index (χ0) is 11.3. The minimum absolute atomic E-state index is 0.0787. The number of nitrogens with zero attached hydrogens (tertiary/aromatic N) is 1. The standard InChI is InChI=1S/C12H21N3/c1-5-12(11(2,3)4)8-7-14-15-9(8)6-10(12)13/h7,10H,5-6,13H2,1-4H3,(H,14,15). The molecule has 15 heavy (non-hydrogen) atoms. The fourth-order valence-corrected chi connectivity index (χ4v) is 3.39. The van der Waals surface area contributed by atoms with Crippen molar-refractivity contribution >= 4 is 0 Å². The van der Waals surface area contributed by atoms with Crippen molar-refractivity contribution in [3.05, 3.63) is 17.5 Å². The minimum atomic E-state index is 0.0787. The predicted octanol–water partition coefficient (Wildman–Crippen LogP) is 1.99. The Morgan fingerprint density at radius 2 is 2.27 bits per heavy atom. The SMILES string of the molecule is CCC1(C(C)(C)C)c2c[nH]nc2CC1N. The zero-order valence-electron chi connectivity index (χ0n) is 10.1. The van der Waals surface area contributed by atoms with Gasteiger partial charge < -0.3 is 5.73 Å².